The van der Waals surface area contributed by atoms with Gasteiger partial charge in [-0.3, -0.25) is 62.3 Å². The highest BCUT2D eigenvalue weighted by Gasteiger charge is 2.35. The quantitative estimate of drug-likeness (QED) is 0.00933. The number of guanidine groups is 1. The third-order valence-corrected chi connectivity index (χ3v) is 14.2. The Kier molecular flexibility index (Phi) is 28.1. The van der Waals surface area contributed by atoms with Crippen molar-refractivity contribution in [1.29, 1.82) is 0 Å². The molecule has 9 amide bonds. The molecule has 1 heterocycles. The minimum absolute atomic E-state index is 0.00954. The molecule has 0 saturated carbocycles. The van der Waals surface area contributed by atoms with Crippen LogP contribution >= 0.6 is 11.8 Å². The van der Waals surface area contributed by atoms with Crippen molar-refractivity contribution in [1.82, 2.24) is 47.5 Å². The molecule has 0 aliphatic rings. The summed E-state index contributed by atoms with van der Waals surface area (Å²) < 4.78 is 36.3. The number of rotatable bonds is 37. The van der Waals surface area contributed by atoms with Crippen LogP contribution in [0.3, 0.4) is 0 Å². The van der Waals surface area contributed by atoms with E-state index in [1.54, 1.807) is 67.0 Å². The third kappa shape index (κ3) is 24.6. The van der Waals surface area contributed by atoms with Gasteiger partial charge in [0.15, 0.2) is 5.96 Å². The smallest absolute Gasteiger partial charge is 0.446 e. The van der Waals surface area contributed by atoms with E-state index in [4.69, 9.17) is 27.5 Å². The first-order chi connectivity index (χ1) is 41.5. The number of aliphatic imine (C=N–C) groups is 1. The number of carboxylic acids is 2. The van der Waals surface area contributed by atoms with Crippen LogP contribution in [-0.2, 0) is 82.4 Å². The molecule has 0 aliphatic carbocycles. The molecule has 31 nitrogen and oxygen atoms in total. The van der Waals surface area contributed by atoms with E-state index in [0.717, 1.165) is 12.1 Å². The predicted octanol–water partition coefficient (Wildman–Crippen LogP) is -2.89. The van der Waals surface area contributed by atoms with Crippen molar-refractivity contribution in [2.45, 2.75) is 114 Å². The molecule has 3 aromatic carbocycles. The molecule has 20 N–H and O–H groups in total. The molecule has 0 unspecified atom stereocenters. The maximum absolute atomic E-state index is 14.4. The van der Waals surface area contributed by atoms with Crippen LogP contribution in [-0.4, -0.2) is 173 Å². The second-order valence-electron chi connectivity index (χ2n) is 20.4. The van der Waals surface area contributed by atoms with Crippen LogP contribution in [0.2, 0.25) is 0 Å². The third-order valence-electron chi connectivity index (χ3n) is 13.1. The Hall–Kier alpha value is -9.34. The molecule has 33 heteroatoms. The maximum Gasteiger partial charge on any atom is 0.446 e. The van der Waals surface area contributed by atoms with Crippen LogP contribution < -0.4 is 69.7 Å². The number of para-hydroxylation sites is 1. The van der Waals surface area contributed by atoms with E-state index < -0.39 is 156 Å². The van der Waals surface area contributed by atoms with E-state index in [2.05, 4.69) is 56.7 Å². The number of hydrogen-bond donors (Lipinski definition) is 16. The first-order valence-corrected chi connectivity index (χ1v) is 30.1. The van der Waals surface area contributed by atoms with Gasteiger partial charge in [0.1, 0.15) is 48.0 Å². The van der Waals surface area contributed by atoms with Crippen LogP contribution in [0.25, 0.3) is 10.9 Å². The summed E-state index contributed by atoms with van der Waals surface area (Å²) in [6, 6.07) is 8.01. The van der Waals surface area contributed by atoms with Crippen LogP contribution in [0.4, 0.5) is 0 Å². The number of nitrogens with zero attached hydrogens (tertiary/aromatic N) is 1. The van der Waals surface area contributed by atoms with Crippen molar-refractivity contribution in [2.75, 3.05) is 25.1 Å². The average Bonchev–Trinajstić information content (AvgIpc) is 3.17. The summed E-state index contributed by atoms with van der Waals surface area (Å²) in [7, 11) is -4.94. The highest BCUT2D eigenvalue weighted by atomic mass is 32.3. The fourth-order valence-electron chi connectivity index (χ4n) is 8.65. The first-order valence-electron chi connectivity index (χ1n) is 27.3. The van der Waals surface area contributed by atoms with Gasteiger partial charge in [-0.15, -0.1) is 0 Å². The maximum atomic E-state index is 14.4. The molecule has 0 spiro atoms. The van der Waals surface area contributed by atoms with Gasteiger partial charge in [0.25, 0.3) is 0 Å². The van der Waals surface area contributed by atoms with Crippen molar-refractivity contribution in [2.24, 2.45) is 33.8 Å². The van der Waals surface area contributed by atoms with Crippen molar-refractivity contribution in [3.05, 3.63) is 102 Å². The fourth-order valence-corrected chi connectivity index (χ4v) is 9.48. The summed E-state index contributed by atoms with van der Waals surface area (Å²) in [5.74, 6) is -13.0. The molecule has 0 saturated heterocycles. The van der Waals surface area contributed by atoms with Gasteiger partial charge in [0.05, 0.1) is 25.4 Å². The largest absolute Gasteiger partial charge is 0.481 e. The van der Waals surface area contributed by atoms with Crippen LogP contribution in [0, 0.1) is 5.92 Å². The van der Waals surface area contributed by atoms with Crippen LogP contribution in [0.1, 0.15) is 62.6 Å². The van der Waals surface area contributed by atoms with Gasteiger partial charge in [-0.2, -0.15) is 20.2 Å². The lowest BCUT2D eigenvalue weighted by Crippen LogP contribution is -2.60. The SMILES string of the molecule is CSCC[C@H](NC(=O)[C@H](Cc1c[nH]c2ccccc12)NC(=O)CNC(=O)[C@@H](NC(=O)[C@H](Cc1ccc(OS(=O)(=O)O)cc1)NC(=O)[C@H](CC(=O)O)NC(=O)[C@@H](N)CCCN=C(N)N)C(C)C)C(=O)N[C@@H](CC(=O)O)C(=O)N[C@@H](Cc1ccccc1)C(N)=O. The number of fused-ring (bicyclic) bond motifs is 1. The number of carbonyl (C=O) groups excluding carboxylic acids is 9. The lowest BCUT2D eigenvalue weighted by Gasteiger charge is -2.27. The fraction of sp³-hybridized carbons (Fsp3) is 0.418. The normalized spacial score (nSPS) is 13.9. The Morgan fingerprint density at radius 3 is 1.70 bits per heavy atom. The number of thioether (sulfide) groups is 1. The monoisotopic (exact) mass is 1270 g/mol. The van der Waals surface area contributed by atoms with E-state index in [1.165, 1.54) is 37.7 Å². The number of carboxylic acid groups (broad SMARTS) is 2. The molecule has 8 atom stereocenters. The van der Waals surface area contributed by atoms with E-state index in [-0.39, 0.29) is 61.7 Å². The zero-order valence-corrected chi connectivity index (χ0v) is 49.8. The van der Waals surface area contributed by atoms with Gasteiger partial charge in [-0.05, 0) is 72.1 Å². The Morgan fingerprint density at radius 2 is 1.12 bits per heavy atom. The standard InChI is InChI=1S/C55H74N14O17S2/c1-29(2)46(69-53(81)39(23-31-15-17-33(18-16-31)86-88(83,84)85)67-52(80)41(25-44(71)72)66-48(76)35(56)13-9-20-60-55(58)59)54(82)62-28-43(70)63-40(24-32-27-61-36-14-8-7-12-34(32)36)50(78)64-37(19-21-87-3)49(77)68-42(26-45(73)74)51(79)65-38(47(57)75)22-30-10-5-4-6-11-30/h4-8,10-12,14-18,27,29,35,37-42,46,61H,9,13,19-26,28,56H2,1-3H3,(H2,57,75)(H,62,82)(H,63,70)(H,64,78)(H,65,79)(H,66,76)(H,67,80)(H,68,77)(H,69,81)(H,71,72)(H,73,74)(H4,58,59,60)(H,83,84,85)/t35-,37-,38-,39-,40-,41-,42-,46-/m0/s1. The van der Waals surface area contributed by atoms with Crippen LogP contribution in [0.5, 0.6) is 5.75 Å². The zero-order chi connectivity index (χ0) is 65.3. The molecule has 88 heavy (non-hydrogen) atoms. The molecule has 1 aromatic heterocycles. The Balaban J connectivity index is 1.57. The highest BCUT2D eigenvalue weighted by molar-refractivity contribution is 7.98. The van der Waals surface area contributed by atoms with Gasteiger partial charge < -0.3 is 84.8 Å². The molecule has 0 fully saturated rings. The molecule has 4 rings (SSSR count). The summed E-state index contributed by atoms with van der Waals surface area (Å²) in [5.41, 5.74) is 24.3. The number of H-pyrrole nitrogens is 1. The second-order valence-corrected chi connectivity index (χ2v) is 22.4. The van der Waals surface area contributed by atoms with Crippen molar-refractivity contribution >= 4 is 104 Å². The average molecular weight is 1270 g/mol. The number of aromatic nitrogens is 1. The topological polar surface area (TPSA) is 520 Å². The number of aromatic amines is 1. The first kappa shape index (κ1) is 71.1. The van der Waals surface area contributed by atoms with Gasteiger partial charge in [-0.1, -0.05) is 74.5 Å². The Morgan fingerprint density at radius 1 is 0.614 bits per heavy atom. The van der Waals surface area contributed by atoms with Gasteiger partial charge in [0, 0.05) is 42.9 Å². The van der Waals surface area contributed by atoms with Crippen molar-refractivity contribution in [3.63, 3.8) is 0 Å². The number of benzene rings is 3. The highest BCUT2D eigenvalue weighted by Crippen LogP contribution is 2.20. The summed E-state index contributed by atoms with van der Waals surface area (Å²) in [5, 5.41) is 39.7. The summed E-state index contributed by atoms with van der Waals surface area (Å²) in [4.78, 5) is 154. The van der Waals surface area contributed by atoms with Gasteiger partial charge in [-0.25, -0.2) is 0 Å². The Labute approximate surface area is 509 Å². The van der Waals surface area contributed by atoms with Crippen molar-refractivity contribution < 1.29 is 80.1 Å². The van der Waals surface area contributed by atoms with Crippen LogP contribution in [0.15, 0.2) is 90.1 Å². The molecular weight excluding hydrogens is 1190 g/mol. The predicted molar refractivity (Wildman–Crippen MR) is 320 cm³/mol. The molecule has 478 valence electrons. The molecular formula is C55H74N14O17S2. The number of nitrogens with two attached hydrogens (primary N) is 4. The minimum atomic E-state index is -4.94. The van der Waals surface area contributed by atoms with Crippen molar-refractivity contribution in [3.8, 4) is 5.75 Å². The van der Waals surface area contributed by atoms with Gasteiger partial charge in [0.2, 0.25) is 53.2 Å². The number of carbonyl (C=O) groups is 11. The summed E-state index contributed by atoms with van der Waals surface area (Å²) in [6.07, 6.45) is 0.871. The molecule has 0 aliphatic heterocycles. The van der Waals surface area contributed by atoms with E-state index in [9.17, 15) is 71.4 Å². The number of aliphatic carboxylic acids is 2. The van der Waals surface area contributed by atoms with E-state index >= 15 is 0 Å². The number of primary amides is 1. The number of amides is 9. The zero-order valence-electron chi connectivity index (χ0n) is 48.2. The number of hydrogen-bond acceptors (Lipinski definition) is 17. The Bertz CT molecular complexity index is 3260. The lowest BCUT2D eigenvalue weighted by molar-refractivity contribution is -0.142. The summed E-state index contributed by atoms with van der Waals surface area (Å²) in [6.45, 7) is 2.33. The van der Waals surface area contributed by atoms with E-state index in [0.29, 0.717) is 22.0 Å². The second kappa shape index (κ2) is 34.7. The lowest BCUT2D eigenvalue weighted by atomic mass is 10.0. The molecule has 0 radical (unpaired) electrons. The molecule has 4 aromatic rings. The number of nitrogens with one attached hydrogen (secondary N) is 9. The molecule has 0 bridgehead atoms. The van der Waals surface area contributed by atoms with Gasteiger partial charge >= 0.3 is 22.3 Å². The minimum Gasteiger partial charge on any atom is -0.481 e. The van der Waals surface area contributed by atoms with E-state index in [1.807, 2.05) is 0 Å². The summed E-state index contributed by atoms with van der Waals surface area (Å²) >= 11 is 1.29.